The molecule has 2 aliphatic rings. The molecule has 0 aromatic heterocycles. The molecule has 1 atom stereocenters. The highest BCUT2D eigenvalue weighted by molar-refractivity contribution is 4.69. The number of nitrogens with zero attached hydrogens (tertiary/aromatic N) is 1. The number of rotatable bonds is 1. The molecule has 0 aliphatic carbocycles. The molecule has 0 bridgehead atoms. The van der Waals surface area contributed by atoms with Gasteiger partial charge in [-0.15, -0.1) is 0 Å². The Bertz CT molecular complexity index is 147. The zero-order valence-electron chi connectivity index (χ0n) is 8.39. The van der Waals surface area contributed by atoms with Gasteiger partial charge in [0.15, 0.2) is 0 Å². The summed E-state index contributed by atoms with van der Waals surface area (Å²) >= 11 is 0. The van der Waals surface area contributed by atoms with Gasteiger partial charge in [0.1, 0.15) is 0 Å². The summed E-state index contributed by atoms with van der Waals surface area (Å²) in [5.74, 6) is 0. The Hall–Kier alpha value is -0.0400. The lowest BCUT2D eigenvalue weighted by Gasteiger charge is -2.42. The van der Waals surface area contributed by atoms with E-state index in [2.05, 4.69) is 6.92 Å². The van der Waals surface area contributed by atoms with Gasteiger partial charge in [-0.1, -0.05) is 6.92 Å². The Kier molecular flexibility index (Phi) is 2.40. The lowest BCUT2D eigenvalue weighted by molar-refractivity contribution is -0.943. The highest BCUT2D eigenvalue weighted by atomic mass is 15.4. The van der Waals surface area contributed by atoms with Crippen LogP contribution in [0, 0.1) is 0 Å². The van der Waals surface area contributed by atoms with Gasteiger partial charge in [-0.3, -0.25) is 0 Å². The standard InChI is InChI=1S/C11H22N/c1-2-11-7-6-10-12(11)8-4-3-5-9-12/h11H,2-10H2,1H3/q+1. The van der Waals surface area contributed by atoms with Crippen molar-refractivity contribution in [2.45, 2.75) is 51.5 Å². The Balaban J connectivity index is 2.05. The smallest absolute Gasteiger partial charge is 0.0889 e. The molecular weight excluding hydrogens is 146 g/mol. The fraction of sp³-hybridized carbons (Fsp3) is 1.00. The van der Waals surface area contributed by atoms with Crippen molar-refractivity contribution in [2.75, 3.05) is 19.6 Å². The van der Waals surface area contributed by atoms with Crippen LogP contribution in [0.1, 0.15) is 45.4 Å². The molecule has 1 nitrogen and oxygen atoms in total. The predicted octanol–water partition coefficient (Wildman–Crippen LogP) is 2.56. The normalized spacial score (nSPS) is 34.2. The molecular formula is C11H22N+. The van der Waals surface area contributed by atoms with Gasteiger partial charge in [-0.2, -0.15) is 0 Å². The molecule has 2 heterocycles. The Morgan fingerprint density at radius 1 is 1.00 bits per heavy atom. The average Bonchev–Trinajstić information content (AvgIpc) is 2.49. The molecule has 0 aromatic rings. The van der Waals surface area contributed by atoms with Gasteiger partial charge in [0.25, 0.3) is 0 Å². The van der Waals surface area contributed by atoms with Gasteiger partial charge in [0.2, 0.25) is 0 Å². The van der Waals surface area contributed by atoms with Crippen LogP contribution in [0.5, 0.6) is 0 Å². The Morgan fingerprint density at radius 3 is 2.33 bits per heavy atom. The second kappa shape index (κ2) is 3.37. The fourth-order valence-corrected chi connectivity index (χ4v) is 3.42. The molecule has 0 amide bonds. The molecule has 0 radical (unpaired) electrons. The summed E-state index contributed by atoms with van der Waals surface area (Å²) in [5.41, 5.74) is 0. The van der Waals surface area contributed by atoms with Crippen LogP contribution in [0.4, 0.5) is 0 Å². The third kappa shape index (κ3) is 1.28. The summed E-state index contributed by atoms with van der Waals surface area (Å²) in [6.45, 7) is 6.88. The monoisotopic (exact) mass is 168 g/mol. The number of hydrogen-bond acceptors (Lipinski definition) is 0. The molecule has 0 aromatic carbocycles. The molecule has 12 heavy (non-hydrogen) atoms. The lowest BCUT2D eigenvalue weighted by Crippen LogP contribution is -2.54. The third-order valence-electron chi connectivity index (χ3n) is 4.09. The van der Waals surface area contributed by atoms with Gasteiger partial charge < -0.3 is 4.48 Å². The maximum Gasteiger partial charge on any atom is 0.0889 e. The van der Waals surface area contributed by atoms with Crippen LogP contribution < -0.4 is 0 Å². The average molecular weight is 168 g/mol. The number of quaternary nitrogens is 1. The number of piperidine rings is 1. The van der Waals surface area contributed by atoms with Gasteiger partial charge in [0, 0.05) is 12.8 Å². The van der Waals surface area contributed by atoms with E-state index in [1.165, 1.54) is 62.6 Å². The molecule has 2 fully saturated rings. The summed E-state index contributed by atoms with van der Waals surface area (Å²) < 4.78 is 1.51. The van der Waals surface area contributed by atoms with Crippen LogP contribution in [0.25, 0.3) is 0 Å². The van der Waals surface area contributed by atoms with Gasteiger partial charge in [0.05, 0.1) is 25.7 Å². The quantitative estimate of drug-likeness (QED) is 0.528. The molecule has 0 N–H and O–H groups in total. The van der Waals surface area contributed by atoms with Crippen molar-refractivity contribution in [3.8, 4) is 0 Å². The summed E-state index contributed by atoms with van der Waals surface area (Å²) in [6, 6.07) is 1.03. The summed E-state index contributed by atoms with van der Waals surface area (Å²) in [7, 11) is 0. The topological polar surface area (TPSA) is 0 Å². The maximum atomic E-state index is 2.38. The van der Waals surface area contributed by atoms with Crippen molar-refractivity contribution in [2.24, 2.45) is 0 Å². The Labute approximate surface area is 76.3 Å². The number of hydrogen-bond donors (Lipinski definition) is 0. The predicted molar refractivity (Wildman–Crippen MR) is 52.0 cm³/mol. The van der Waals surface area contributed by atoms with Crippen LogP contribution in [0.15, 0.2) is 0 Å². The fourth-order valence-electron chi connectivity index (χ4n) is 3.42. The van der Waals surface area contributed by atoms with E-state index in [1.54, 1.807) is 0 Å². The van der Waals surface area contributed by atoms with Crippen LogP contribution >= 0.6 is 0 Å². The highest BCUT2D eigenvalue weighted by Crippen LogP contribution is 2.33. The first-order chi connectivity index (χ1) is 5.87. The van der Waals surface area contributed by atoms with Crippen LogP contribution in [0.2, 0.25) is 0 Å². The zero-order chi connectivity index (χ0) is 8.44. The van der Waals surface area contributed by atoms with E-state index in [0.29, 0.717) is 0 Å². The van der Waals surface area contributed by atoms with Gasteiger partial charge in [-0.05, 0) is 25.7 Å². The van der Waals surface area contributed by atoms with Crippen molar-refractivity contribution in [3.63, 3.8) is 0 Å². The molecule has 1 spiro atoms. The van der Waals surface area contributed by atoms with E-state index in [1.807, 2.05) is 0 Å². The molecule has 0 saturated carbocycles. The minimum Gasteiger partial charge on any atom is -0.321 e. The minimum atomic E-state index is 1.03. The lowest BCUT2D eigenvalue weighted by atomic mass is 10.0. The van der Waals surface area contributed by atoms with Crippen LogP contribution in [0.3, 0.4) is 0 Å². The van der Waals surface area contributed by atoms with E-state index in [9.17, 15) is 0 Å². The molecule has 1 unspecified atom stereocenters. The zero-order valence-corrected chi connectivity index (χ0v) is 8.39. The largest absolute Gasteiger partial charge is 0.321 e. The van der Waals surface area contributed by atoms with Crippen molar-refractivity contribution in [1.82, 2.24) is 0 Å². The van der Waals surface area contributed by atoms with Gasteiger partial charge in [-0.25, -0.2) is 0 Å². The van der Waals surface area contributed by atoms with E-state index >= 15 is 0 Å². The Morgan fingerprint density at radius 2 is 1.67 bits per heavy atom. The van der Waals surface area contributed by atoms with Crippen LogP contribution in [-0.2, 0) is 0 Å². The SMILES string of the molecule is CCC1CCC[N+]12CCCCC2. The van der Waals surface area contributed by atoms with Crippen molar-refractivity contribution >= 4 is 0 Å². The third-order valence-corrected chi connectivity index (χ3v) is 4.09. The minimum absolute atomic E-state index is 1.03. The molecule has 1 heteroatoms. The van der Waals surface area contributed by atoms with E-state index in [4.69, 9.17) is 0 Å². The highest BCUT2D eigenvalue weighted by Gasteiger charge is 2.40. The second-order valence-corrected chi connectivity index (χ2v) is 4.65. The first-order valence-corrected chi connectivity index (χ1v) is 5.73. The first-order valence-electron chi connectivity index (χ1n) is 5.73. The second-order valence-electron chi connectivity index (χ2n) is 4.65. The van der Waals surface area contributed by atoms with Crippen molar-refractivity contribution in [3.05, 3.63) is 0 Å². The van der Waals surface area contributed by atoms with E-state index < -0.39 is 0 Å². The summed E-state index contributed by atoms with van der Waals surface area (Å²) in [6.07, 6.45) is 8.92. The van der Waals surface area contributed by atoms with E-state index in [0.717, 1.165) is 6.04 Å². The van der Waals surface area contributed by atoms with Crippen molar-refractivity contribution in [1.29, 1.82) is 0 Å². The van der Waals surface area contributed by atoms with Gasteiger partial charge >= 0.3 is 0 Å². The van der Waals surface area contributed by atoms with Crippen molar-refractivity contribution < 1.29 is 4.48 Å². The summed E-state index contributed by atoms with van der Waals surface area (Å²) in [5, 5.41) is 0. The van der Waals surface area contributed by atoms with E-state index in [-0.39, 0.29) is 0 Å². The first kappa shape index (κ1) is 8.55. The molecule has 70 valence electrons. The maximum absolute atomic E-state index is 2.38. The van der Waals surface area contributed by atoms with Crippen LogP contribution in [-0.4, -0.2) is 30.2 Å². The molecule has 2 saturated heterocycles. The molecule has 2 aliphatic heterocycles. The molecule has 2 rings (SSSR count). The summed E-state index contributed by atoms with van der Waals surface area (Å²) in [4.78, 5) is 0.